The van der Waals surface area contributed by atoms with Gasteiger partial charge < -0.3 is 23.9 Å². The van der Waals surface area contributed by atoms with Crippen molar-refractivity contribution < 1.29 is 23.3 Å². The predicted octanol–water partition coefficient (Wildman–Crippen LogP) is 2.58. The minimum atomic E-state index is -0.217. The summed E-state index contributed by atoms with van der Waals surface area (Å²) in [6.07, 6.45) is 2.83. The van der Waals surface area contributed by atoms with E-state index in [1.807, 2.05) is 0 Å². The van der Waals surface area contributed by atoms with Gasteiger partial charge >= 0.3 is 0 Å². The van der Waals surface area contributed by atoms with E-state index in [-0.39, 0.29) is 24.5 Å². The number of likely N-dealkylation sites (tertiary alicyclic amines) is 1. The van der Waals surface area contributed by atoms with Crippen LogP contribution in [0.5, 0.6) is 5.75 Å². The topological polar surface area (TPSA) is 111 Å². The number of nitrogens with zero attached hydrogens (tertiary/aromatic N) is 3. The first-order valence-electron chi connectivity index (χ1n) is 9.75. The highest BCUT2D eigenvalue weighted by Gasteiger charge is 2.26. The fourth-order valence-electron chi connectivity index (χ4n) is 3.37. The van der Waals surface area contributed by atoms with Crippen molar-refractivity contribution in [3.05, 3.63) is 65.7 Å². The normalized spacial score (nSPS) is 14.5. The molecule has 1 saturated heterocycles. The zero-order valence-electron chi connectivity index (χ0n) is 16.5. The highest BCUT2D eigenvalue weighted by molar-refractivity contribution is 5.97. The van der Waals surface area contributed by atoms with E-state index in [0.717, 1.165) is 0 Å². The second kappa shape index (κ2) is 8.81. The number of piperidine rings is 1. The smallest absolute Gasteiger partial charge is 0.289 e. The van der Waals surface area contributed by atoms with E-state index >= 15 is 0 Å². The van der Waals surface area contributed by atoms with Crippen molar-refractivity contribution in [2.75, 3.05) is 13.1 Å². The molecule has 1 aromatic carbocycles. The van der Waals surface area contributed by atoms with Gasteiger partial charge in [-0.05, 0) is 37.1 Å². The number of nitrogens with one attached hydrogen (secondary N) is 1. The van der Waals surface area contributed by atoms with Crippen molar-refractivity contribution in [2.24, 2.45) is 0 Å². The molecule has 0 unspecified atom stereocenters. The molecule has 3 aromatic rings. The molecule has 2 amide bonds. The number of hydrogen-bond acceptors (Lipinski definition) is 7. The second-order valence-electron chi connectivity index (χ2n) is 7.03. The molecule has 9 heteroatoms. The van der Waals surface area contributed by atoms with Crippen LogP contribution >= 0.6 is 0 Å². The van der Waals surface area contributed by atoms with E-state index in [9.17, 15) is 9.59 Å². The molecule has 0 spiro atoms. The maximum Gasteiger partial charge on any atom is 0.289 e. The van der Waals surface area contributed by atoms with Crippen LogP contribution < -0.4 is 10.1 Å². The van der Waals surface area contributed by atoms with Crippen LogP contribution in [-0.4, -0.2) is 46.0 Å². The molecule has 30 heavy (non-hydrogen) atoms. The number of aryl methyl sites for hydroxylation is 1. The lowest BCUT2D eigenvalue weighted by Gasteiger charge is -2.32. The van der Waals surface area contributed by atoms with E-state index in [2.05, 4.69) is 15.5 Å². The van der Waals surface area contributed by atoms with E-state index in [4.69, 9.17) is 13.7 Å². The van der Waals surface area contributed by atoms with Gasteiger partial charge in [-0.25, -0.2) is 0 Å². The van der Waals surface area contributed by atoms with Gasteiger partial charge in [0, 0.05) is 26.1 Å². The van der Waals surface area contributed by atoms with Gasteiger partial charge in [-0.1, -0.05) is 17.3 Å². The number of carbonyl (C=O) groups excluding carboxylic acids is 2. The number of ether oxygens (including phenoxy) is 1. The highest BCUT2D eigenvalue weighted by atomic mass is 16.5. The van der Waals surface area contributed by atoms with Crippen molar-refractivity contribution in [1.82, 2.24) is 20.4 Å². The van der Waals surface area contributed by atoms with E-state index in [1.54, 1.807) is 48.2 Å². The molecule has 4 rings (SSSR count). The van der Waals surface area contributed by atoms with Crippen LogP contribution in [0.3, 0.4) is 0 Å². The van der Waals surface area contributed by atoms with Crippen molar-refractivity contribution in [1.29, 1.82) is 0 Å². The molecule has 0 bridgehead atoms. The summed E-state index contributed by atoms with van der Waals surface area (Å²) in [5.74, 6) is 1.31. The summed E-state index contributed by atoms with van der Waals surface area (Å²) in [4.78, 5) is 31.0. The summed E-state index contributed by atoms with van der Waals surface area (Å²) in [5, 5.41) is 6.83. The fraction of sp³-hybridized carbons (Fsp3) is 0.333. The summed E-state index contributed by atoms with van der Waals surface area (Å²) in [7, 11) is 0. The molecular formula is C21H22N4O5. The lowest BCUT2D eigenvalue weighted by molar-refractivity contribution is 0.0667. The number of carbonyl (C=O) groups is 2. The van der Waals surface area contributed by atoms with Gasteiger partial charge in [-0.2, -0.15) is 4.98 Å². The van der Waals surface area contributed by atoms with Crippen LogP contribution in [0.4, 0.5) is 0 Å². The first-order chi connectivity index (χ1) is 14.6. The van der Waals surface area contributed by atoms with Gasteiger partial charge in [0.05, 0.1) is 11.8 Å². The molecule has 156 valence electrons. The fourth-order valence-corrected chi connectivity index (χ4v) is 3.37. The van der Waals surface area contributed by atoms with Crippen LogP contribution in [0.1, 0.15) is 45.5 Å². The Labute approximate surface area is 173 Å². The van der Waals surface area contributed by atoms with Gasteiger partial charge in [0.25, 0.3) is 11.8 Å². The van der Waals surface area contributed by atoms with E-state index in [1.165, 1.54) is 6.26 Å². The van der Waals surface area contributed by atoms with Gasteiger partial charge in [0.2, 0.25) is 11.7 Å². The van der Waals surface area contributed by atoms with Crippen molar-refractivity contribution >= 4 is 11.8 Å². The Hall–Kier alpha value is -3.62. The first-order valence-corrected chi connectivity index (χ1v) is 9.75. The molecule has 1 N–H and O–H groups in total. The van der Waals surface area contributed by atoms with Crippen LogP contribution in [0, 0.1) is 6.92 Å². The van der Waals surface area contributed by atoms with Gasteiger partial charge in [-0.15, -0.1) is 0 Å². The largest absolute Gasteiger partial charge is 0.485 e. The monoisotopic (exact) mass is 410 g/mol. The van der Waals surface area contributed by atoms with E-state index in [0.29, 0.717) is 54.7 Å². The summed E-state index contributed by atoms with van der Waals surface area (Å²) in [6.45, 7) is 2.92. The average molecular weight is 410 g/mol. The molecule has 0 radical (unpaired) electrons. The van der Waals surface area contributed by atoms with Crippen LogP contribution in [-0.2, 0) is 6.61 Å². The Morgan fingerprint density at radius 2 is 2.00 bits per heavy atom. The van der Waals surface area contributed by atoms with Gasteiger partial charge in [0.1, 0.15) is 5.75 Å². The molecule has 1 aliphatic heterocycles. The third-order valence-corrected chi connectivity index (χ3v) is 4.91. The molecule has 0 atom stereocenters. The summed E-state index contributed by atoms with van der Waals surface area (Å²) >= 11 is 0. The third kappa shape index (κ3) is 4.51. The lowest BCUT2D eigenvalue weighted by atomic mass is 10.0. The summed E-state index contributed by atoms with van der Waals surface area (Å²) in [5.41, 5.74) is 0.437. The van der Waals surface area contributed by atoms with E-state index < -0.39 is 0 Å². The molecule has 1 fully saturated rings. The predicted molar refractivity (Wildman–Crippen MR) is 105 cm³/mol. The Balaban J connectivity index is 1.33. The Kier molecular flexibility index (Phi) is 5.78. The van der Waals surface area contributed by atoms with Crippen LogP contribution in [0.15, 0.2) is 51.6 Å². The first kappa shape index (κ1) is 19.7. The second-order valence-corrected chi connectivity index (χ2v) is 7.03. The number of furan rings is 1. The molecule has 9 nitrogen and oxygen atoms in total. The van der Waals surface area contributed by atoms with Gasteiger partial charge in [-0.3, -0.25) is 9.59 Å². The number of amides is 2. The van der Waals surface area contributed by atoms with Crippen molar-refractivity contribution in [3.63, 3.8) is 0 Å². The molecule has 0 aliphatic carbocycles. The average Bonchev–Trinajstić information content (AvgIpc) is 3.44. The van der Waals surface area contributed by atoms with Crippen molar-refractivity contribution in [2.45, 2.75) is 32.4 Å². The molecular weight excluding hydrogens is 388 g/mol. The summed E-state index contributed by atoms with van der Waals surface area (Å²) < 4.78 is 15.8. The highest BCUT2D eigenvalue weighted by Crippen LogP contribution is 2.20. The molecule has 2 aromatic heterocycles. The number of para-hydroxylation sites is 1. The minimum absolute atomic E-state index is 0.0222. The number of aromatic nitrogens is 2. The number of hydrogen-bond donors (Lipinski definition) is 1. The van der Waals surface area contributed by atoms with Gasteiger partial charge in [0.15, 0.2) is 12.4 Å². The Bertz CT molecular complexity index is 1010. The maximum absolute atomic E-state index is 12.8. The third-order valence-electron chi connectivity index (χ3n) is 4.91. The van der Waals surface area contributed by atoms with Crippen LogP contribution in [0.25, 0.3) is 0 Å². The number of benzene rings is 1. The summed E-state index contributed by atoms with van der Waals surface area (Å²) in [6, 6.07) is 10.3. The minimum Gasteiger partial charge on any atom is -0.485 e. The molecule has 3 heterocycles. The zero-order chi connectivity index (χ0) is 20.9. The quantitative estimate of drug-likeness (QED) is 0.665. The van der Waals surface area contributed by atoms with Crippen molar-refractivity contribution in [3.8, 4) is 5.75 Å². The maximum atomic E-state index is 12.8. The molecule has 1 aliphatic rings. The van der Waals surface area contributed by atoms with Crippen LogP contribution in [0.2, 0.25) is 0 Å². The number of rotatable bonds is 6. The standard InChI is InChI=1S/C21H22N4O5/c1-14-22-19(24-30-14)13-29-17-6-3-2-5-16(17)20(26)23-15-8-10-25(11-9-15)21(27)18-7-4-12-28-18/h2-7,12,15H,8-11,13H2,1H3,(H,23,26). The SMILES string of the molecule is Cc1nc(COc2ccccc2C(=O)NC2CCN(C(=O)c3ccco3)CC2)no1. The molecule has 0 saturated carbocycles. The Morgan fingerprint density at radius 1 is 1.20 bits per heavy atom. The Morgan fingerprint density at radius 3 is 2.70 bits per heavy atom. The zero-order valence-corrected chi connectivity index (χ0v) is 16.5. The lowest BCUT2D eigenvalue weighted by Crippen LogP contribution is -2.46.